The van der Waals surface area contributed by atoms with E-state index < -0.39 is 7.14 Å². The SMILES string of the molecule is COc1cc2c(cc1Nc1nc(Nc3ccccc3P(C)(C)=O)c3cc[nH]c3n1)OC[C@@H]1C[C@H](N3CCN(C)CC3)CCN21. The maximum absolute atomic E-state index is 13.0. The van der Waals surface area contributed by atoms with Gasteiger partial charge in [0.1, 0.15) is 36.7 Å². The molecule has 5 heterocycles. The highest BCUT2D eigenvalue weighted by molar-refractivity contribution is 7.70. The largest absolute Gasteiger partial charge is 0.494 e. The number of piperazine rings is 1. The standard InChI is InChI=1S/C32H41N8O3P/c1-38-13-15-39(16-14-38)21-10-12-40-22(17-21)20-43-28-18-25(27(42-2)19-26(28)40)35-32-36-30-23(9-11-33-30)31(37-32)34-24-7-5-6-8-29(24)44(3,4)41/h5-9,11,18-19,21-22H,10,12-17,20H2,1-4H3,(H3,33,34,35,36,37)/t21-,22+/m1/s1. The first kappa shape index (κ1) is 29.0. The molecule has 4 aromatic rings. The molecule has 7 rings (SSSR count). The molecule has 0 bridgehead atoms. The van der Waals surface area contributed by atoms with Crippen LogP contribution < -0.4 is 30.3 Å². The van der Waals surface area contributed by atoms with Crippen molar-refractivity contribution < 1.29 is 14.0 Å². The maximum atomic E-state index is 13.0. The molecule has 0 amide bonds. The van der Waals surface area contributed by atoms with E-state index in [4.69, 9.17) is 19.4 Å². The van der Waals surface area contributed by atoms with Gasteiger partial charge in [-0.1, -0.05) is 12.1 Å². The topological polar surface area (TPSA) is 111 Å². The summed E-state index contributed by atoms with van der Waals surface area (Å²) in [6.07, 6.45) is 4.09. The maximum Gasteiger partial charge on any atom is 0.231 e. The van der Waals surface area contributed by atoms with Crippen LogP contribution in [0.5, 0.6) is 11.5 Å². The Morgan fingerprint density at radius 1 is 1.00 bits per heavy atom. The summed E-state index contributed by atoms with van der Waals surface area (Å²) in [5.74, 6) is 2.54. The molecule has 3 aliphatic heterocycles. The number of likely N-dealkylation sites (N-methyl/N-ethyl adjacent to an activating group) is 1. The first-order valence-electron chi connectivity index (χ1n) is 15.3. The third kappa shape index (κ3) is 5.60. The molecule has 0 unspecified atom stereocenters. The van der Waals surface area contributed by atoms with Gasteiger partial charge in [0.25, 0.3) is 0 Å². The van der Waals surface area contributed by atoms with Crippen molar-refractivity contribution >= 4 is 52.3 Å². The van der Waals surface area contributed by atoms with E-state index in [1.54, 1.807) is 20.4 Å². The van der Waals surface area contributed by atoms with Crippen molar-refractivity contribution in [3.8, 4) is 11.5 Å². The number of hydrogen-bond acceptors (Lipinski definition) is 10. The number of aromatic amines is 1. The van der Waals surface area contributed by atoms with Crippen molar-refractivity contribution in [1.82, 2.24) is 24.8 Å². The van der Waals surface area contributed by atoms with Crippen LogP contribution in [0.2, 0.25) is 0 Å². The van der Waals surface area contributed by atoms with Crippen LogP contribution in [-0.2, 0) is 4.57 Å². The number of nitrogens with one attached hydrogen (secondary N) is 3. The van der Waals surface area contributed by atoms with E-state index in [0.29, 0.717) is 41.9 Å². The number of anilines is 5. The number of H-pyrrole nitrogens is 1. The number of benzene rings is 2. The Kier molecular flexibility index (Phi) is 7.64. The van der Waals surface area contributed by atoms with E-state index in [1.807, 2.05) is 42.6 Å². The van der Waals surface area contributed by atoms with Crippen LogP contribution in [0.3, 0.4) is 0 Å². The van der Waals surface area contributed by atoms with E-state index in [0.717, 1.165) is 79.1 Å². The molecule has 3 aliphatic rings. The van der Waals surface area contributed by atoms with Gasteiger partial charge >= 0.3 is 0 Å². The van der Waals surface area contributed by atoms with Crippen molar-refractivity contribution in [2.24, 2.45) is 0 Å². The number of nitrogens with zero attached hydrogens (tertiary/aromatic N) is 5. The minimum absolute atomic E-state index is 0.348. The van der Waals surface area contributed by atoms with E-state index in [2.05, 4.69) is 43.4 Å². The Morgan fingerprint density at radius 2 is 1.82 bits per heavy atom. The van der Waals surface area contributed by atoms with Gasteiger partial charge in [0.05, 0.1) is 35.6 Å². The van der Waals surface area contributed by atoms with Gasteiger partial charge in [-0.3, -0.25) is 4.90 Å². The first-order valence-corrected chi connectivity index (χ1v) is 17.9. The van der Waals surface area contributed by atoms with Crippen LogP contribution in [0, 0.1) is 0 Å². The molecule has 11 nitrogen and oxygen atoms in total. The van der Waals surface area contributed by atoms with Gasteiger partial charge in [-0.25, -0.2) is 0 Å². The minimum atomic E-state index is -2.52. The zero-order valence-electron chi connectivity index (χ0n) is 25.8. The number of aromatic nitrogens is 3. The summed E-state index contributed by atoms with van der Waals surface area (Å²) in [4.78, 5) is 20.4. The molecule has 44 heavy (non-hydrogen) atoms. The van der Waals surface area contributed by atoms with E-state index in [-0.39, 0.29) is 0 Å². The van der Waals surface area contributed by atoms with Crippen LogP contribution in [0.1, 0.15) is 12.8 Å². The number of fused-ring (bicyclic) bond motifs is 4. The Labute approximate surface area is 258 Å². The predicted molar refractivity (Wildman–Crippen MR) is 178 cm³/mol. The van der Waals surface area contributed by atoms with E-state index in [1.165, 1.54) is 0 Å². The Morgan fingerprint density at radius 3 is 2.61 bits per heavy atom. The molecule has 2 fully saturated rings. The highest BCUT2D eigenvalue weighted by Gasteiger charge is 2.37. The molecule has 3 N–H and O–H groups in total. The second-order valence-electron chi connectivity index (χ2n) is 12.4. The molecular weight excluding hydrogens is 575 g/mol. The number of piperidine rings is 1. The highest BCUT2D eigenvalue weighted by atomic mass is 31.2. The lowest BCUT2D eigenvalue weighted by atomic mass is 9.93. The molecule has 0 saturated carbocycles. The fourth-order valence-corrected chi connectivity index (χ4v) is 7.91. The molecule has 2 saturated heterocycles. The second-order valence-corrected chi connectivity index (χ2v) is 15.6. The summed E-state index contributed by atoms with van der Waals surface area (Å²) >= 11 is 0. The van der Waals surface area contributed by atoms with Crippen LogP contribution >= 0.6 is 7.14 Å². The summed E-state index contributed by atoms with van der Waals surface area (Å²) in [6.45, 7) is 9.78. The Balaban J connectivity index is 1.14. The fourth-order valence-electron chi connectivity index (χ4n) is 6.75. The average Bonchev–Trinajstić information content (AvgIpc) is 3.50. The van der Waals surface area contributed by atoms with Crippen molar-refractivity contribution in [2.45, 2.75) is 24.9 Å². The summed E-state index contributed by atoms with van der Waals surface area (Å²) in [6, 6.07) is 14.6. The third-order valence-electron chi connectivity index (χ3n) is 9.16. The molecule has 12 heteroatoms. The predicted octanol–water partition coefficient (Wildman–Crippen LogP) is 4.68. The lowest BCUT2D eigenvalue weighted by molar-refractivity contribution is 0.0822. The summed E-state index contributed by atoms with van der Waals surface area (Å²) < 4.78 is 25.3. The molecule has 0 radical (unpaired) electrons. The monoisotopic (exact) mass is 616 g/mol. The summed E-state index contributed by atoms with van der Waals surface area (Å²) in [7, 11) is 1.37. The van der Waals surface area contributed by atoms with Crippen molar-refractivity contribution in [2.75, 3.05) is 82.4 Å². The Hall–Kier alpha value is -3.79. The number of hydrogen-bond donors (Lipinski definition) is 3. The van der Waals surface area contributed by atoms with Gasteiger partial charge in [0.15, 0.2) is 0 Å². The minimum Gasteiger partial charge on any atom is -0.494 e. The Bertz CT molecular complexity index is 1710. The van der Waals surface area contributed by atoms with Crippen molar-refractivity contribution in [3.05, 3.63) is 48.7 Å². The number of methoxy groups -OCH3 is 1. The van der Waals surface area contributed by atoms with Crippen LogP contribution in [-0.4, -0.2) is 104 Å². The van der Waals surface area contributed by atoms with Crippen LogP contribution in [0.25, 0.3) is 11.0 Å². The van der Waals surface area contributed by atoms with Gasteiger partial charge in [0, 0.05) is 62.4 Å². The zero-order chi connectivity index (χ0) is 30.4. The van der Waals surface area contributed by atoms with Gasteiger partial charge in [0.2, 0.25) is 5.95 Å². The number of rotatable bonds is 7. The van der Waals surface area contributed by atoms with Crippen molar-refractivity contribution in [3.63, 3.8) is 0 Å². The molecule has 2 atom stereocenters. The lowest BCUT2D eigenvalue weighted by Gasteiger charge is -2.48. The van der Waals surface area contributed by atoms with E-state index in [9.17, 15) is 4.57 Å². The third-order valence-corrected chi connectivity index (χ3v) is 10.7. The summed E-state index contributed by atoms with van der Waals surface area (Å²) in [5, 5.41) is 8.41. The highest BCUT2D eigenvalue weighted by Crippen LogP contribution is 2.45. The lowest BCUT2D eigenvalue weighted by Crippen LogP contribution is -2.57. The molecule has 2 aromatic carbocycles. The molecule has 232 valence electrons. The molecular formula is C32H41N8O3P. The zero-order valence-corrected chi connectivity index (χ0v) is 26.7. The molecule has 0 spiro atoms. The second kappa shape index (κ2) is 11.6. The first-order chi connectivity index (χ1) is 21.3. The van der Waals surface area contributed by atoms with Crippen molar-refractivity contribution in [1.29, 1.82) is 0 Å². The normalized spacial score (nSPS) is 21.0. The quantitative estimate of drug-likeness (QED) is 0.253. The van der Waals surface area contributed by atoms with Gasteiger partial charge in [-0.2, -0.15) is 9.97 Å². The van der Waals surface area contributed by atoms with Gasteiger partial charge in [-0.15, -0.1) is 0 Å². The van der Waals surface area contributed by atoms with Crippen LogP contribution in [0.15, 0.2) is 48.7 Å². The smallest absolute Gasteiger partial charge is 0.231 e. The number of para-hydroxylation sites is 1. The molecule has 0 aliphatic carbocycles. The van der Waals surface area contributed by atoms with Gasteiger partial charge < -0.3 is 39.5 Å². The van der Waals surface area contributed by atoms with E-state index >= 15 is 0 Å². The summed E-state index contributed by atoms with van der Waals surface area (Å²) in [5.41, 5.74) is 3.24. The van der Waals surface area contributed by atoms with Gasteiger partial charge in [-0.05, 0) is 51.4 Å². The fraction of sp³-hybridized carbons (Fsp3) is 0.438. The molecule has 2 aromatic heterocycles. The average molecular weight is 617 g/mol. The number of ether oxygens (including phenoxy) is 2. The van der Waals surface area contributed by atoms with Crippen LogP contribution in [0.4, 0.5) is 28.8 Å².